The Labute approximate surface area is 195 Å². The Kier molecular flexibility index (Phi) is 6.97. The zero-order chi connectivity index (χ0) is 23.4. The molecule has 2 aromatic heterocycles. The largest absolute Gasteiger partial charge is 0.467 e. The first kappa shape index (κ1) is 22.8. The molecule has 1 aliphatic heterocycles. The van der Waals surface area contributed by atoms with E-state index in [2.05, 4.69) is 27.3 Å². The number of carbonyl (C=O) groups excluding carboxylic acids is 1. The van der Waals surface area contributed by atoms with Crippen molar-refractivity contribution in [1.29, 1.82) is 0 Å². The van der Waals surface area contributed by atoms with Crippen LogP contribution < -0.4 is 10.2 Å². The highest BCUT2D eigenvalue weighted by Gasteiger charge is 2.25. The normalized spacial score (nSPS) is 15.4. The molecule has 1 amide bonds. The lowest BCUT2D eigenvalue weighted by molar-refractivity contribution is -0.384. The van der Waals surface area contributed by atoms with Crippen LogP contribution in [0.5, 0.6) is 0 Å². The summed E-state index contributed by atoms with van der Waals surface area (Å²) in [6.45, 7) is 6.36. The summed E-state index contributed by atoms with van der Waals surface area (Å²) in [6, 6.07) is 9.50. The van der Waals surface area contributed by atoms with Crippen LogP contribution in [-0.2, 0) is 11.3 Å². The van der Waals surface area contributed by atoms with Crippen molar-refractivity contribution in [2.24, 2.45) is 5.92 Å². The van der Waals surface area contributed by atoms with E-state index in [0.717, 1.165) is 37.6 Å². The molecule has 1 fully saturated rings. The number of carbonyl (C=O) groups is 1. The number of non-ortho nitro benzene ring substituents is 1. The summed E-state index contributed by atoms with van der Waals surface area (Å²) in [5.41, 5.74) is 0.472. The number of thioether (sulfide) groups is 1. The van der Waals surface area contributed by atoms with Crippen LogP contribution in [-0.4, -0.2) is 43.9 Å². The van der Waals surface area contributed by atoms with Crippen LogP contribution in [0.1, 0.15) is 32.4 Å². The summed E-state index contributed by atoms with van der Waals surface area (Å²) < 4.78 is 7.54. The lowest BCUT2D eigenvalue weighted by Gasteiger charge is -2.31. The predicted octanol–water partition coefficient (Wildman–Crippen LogP) is 4.18. The number of nitrogens with zero attached hydrogens (tertiary/aromatic N) is 5. The monoisotopic (exact) mass is 470 g/mol. The van der Waals surface area contributed by atoms with Crippen molar-refractivity contribution in [2.75, 3.05) is 23.3 Å². The van der Waals surface area contributed by atoms with E-state index in [1.807, 2.05) is 16.7 Å². The molecule has 174 valence electrons. The molecule has 1 atom stereocenters. The second kappa shape index (κ2) is 10.1. The molecule has 0 aliphatic carbocycles. The summed E-state index contributed by atoms with van der Waals surface area (Å²) in [6.07, 6.45) is 3.84. The molecule has 33 heavy (non-hydrogen) atoms. The van der Waals surface area contributed by atoms with Gasteiger partial charge in [0, 0.05) is 30.9 Å². The van der Waals surface area contributed by atoms with Gasteiger partial charge in [-0.3, -0.25) is 19.5 Å². The van der Waals surface area contributed by atoms with Crippen LogP contribution >= 0.6 is 11.8 Å². The highest BCUT2D eigenvalue weighted by atomic mass is 32.2. The lowest BCUT2D eigenvalue weighted by atomic mass is 10.00. The van der Waals surface area contributed by atoms with Crippen molar-refractivity contribution in [2.45, 2.75) is 43.6 Å². The van der Waals surface area contributed by atoms with Crippen LogP contribution in [0.3, 0.4) is 0 Å². The van der Waals surface area contributed by atoms with Gasteiger partial charge >= 0.3 is 0 Å². The molecule has 3 heterocycles. The van der Waals surface area contributed by atoms with Gasteiger partial charge in [0.1, 0.15) is 5.76 Å². The standard InChI is InChI=1S/C22H26N6O4S/c1-15-9-11-26(12-10-15)21-24-25-22(27(21)14-19-4-3-13-32-19)33-16(2)20(29)23-17-5-7-18(8-6-17)28(30)31/h3-8,13,15-16H,9-12,14H2,1-2H3,(H,23,29). The Hall–Kier alpha value is -3.34. The first-order valence-electron chi connectivity index (χ1n) is 10.8. The minimum absolute atomic E-state index is 0.0268. The topological polar surface area (TPSA) is 119 Å². The number of furan rings is 1. The number of hydrogen-bond acceptors (Lipinski definition) is 8. The number of amides is 1. The average Bonchev–Trinajstić information content (AvgIpc) is 3.45. The van der Waals surface area contributed by atoms with Crippen LogP contribution in [0.15, 0.2) is 52.2 Å². The summed E-state index contributed by atoms with van der Waals surface area (Å²) in [5, 5.41) is 22.6. The van der Waals surface area contributed by atoms with E-state index in [1.54, 1.807) is 13.2 Å². The van der Waals surface area contributed by atoms with Crippen molar-refractivity contribution in [3.63, 3.8) is 0 Å². The molecule has 1 unspecified atom stereocenters. The van der Waals surface area contributed by atoms with Crippen molar-refractivity contribution in [3.8, 4) is 0 Å². The maximum absolute atomic E-state index is 12.8. The van der Waals surface area contributed by atoms with Gasteiger partial charge in [-0.2, -0.15) is 0 Å². The summed E-state index contributed by atoms with van der Waals surface area (Å²) in [7, 11) is 0. The smallest absolute Gasteiger partial charge is 0.269 e. The fourth-order valence-electron chi connectivity index (χ4n) is 3.63. The maximum Gasteiger partial charge on any atom is 0.269 e. The van der Waals surface area contributed by atoms with E-state index < -0.39 is 10.2 Å². The molecule has 1 N–H and O–H groups in total. The third kappa shape index (κ3) is 5.54. The van der Waals surface area contributed by atoms with Crippen LogP contribution in [0.2, 0.25) is 0 Å². The van der Waals surface area contributed by atoms with Gasteiger partial charge in [-0.15, -0.1) is 10.2 Å². The molecule has 0 saturated carbocycles. The highest BCUT2D eigenvalue weighted by Crippen LogP contribution is 2.29. The first-order valence-corrected chi connectivity index (χ1v) is 11.7. The Bertz CT molecular complexity index is 1090. The number of nitro groups is 1. The molecule has 0 spiro atoms. The SMILES string of the molecule is CC1CCN(c2nnc(SC(C)C(=O)Nc3ccc([N+](=O)[O-])cc3)n2Cc2ccco2)CC1. The van der Waals surface area contributed by atoms with Crippen LogP contribution in [0, 0.1) is 16.0 Å². The van der Waals surface area contributed by atoms with Gasteiger partial charge in [-0.1, -0.05) is 18.7 Å². The number of piperidine rings is 1. The summed E-state index contributed by atoms with van der Waals surface area (Å²) >= 11 is 1.31. The van der Waals surface area contributed by atoms with E-state index in [1.165, 1.54) is 36.0 Å². The third-order valence-corrected chi connectivity index (χ3v) is 6.74. The number of hydrogen-bond donors (Lipinski definition) is 1. The lowest BCUT2D eigenvalue weighted by Crippen LogP contribution is -2.35. The van der Waals surface area contributed by atoms with E-state index >= 15 is 0 Å². The van der Waals surface area contributed by atoms with Gasteiger partial charge < -0.3 is 14.6 Å². The number of anilines is 2. The Morgan fingerprint density at radius 2 is 2.00 bits per heavy atom. The Morgan fingerprint density at radius 3 is 2.64 bits per heavy atom. The fourth-order valence-corrected chi connectivity index (χ4v) is 4.47. The van der Waals surface area contributed by atoms with Crippen molar-refractivity contribution >= 4 is 35.0 Å². The summed E-state index contributed by atoms with van der Waals surface area (Å²) in [5.74, 6) is 2.03. The molecule has 1 aliphatic rings. The average molecular weight is 471 g/mol. The Morgan fingerprint density at radius 1 is 1.27 bits per heavy atom. The van der Waals surface area contributed by atoms with Crippen LogP contribution in [0.4, 0.5) is 17.3 Å². The van der Waals surface area contributed by atoms with Crippen molar-refractivity contribution in [3.05, 3.63) is 58.5 Å². The number of aromatic nitrogens is 3. The maximum atomic E-state index is 12.8. The quantitative estimate of drug-likeness (QED) is 0.296. The highest BCUT2D eigenvalue weighted by molar-refractivity contribution is 8.00. The molecule has 10 nitrogen and oxygen atoms in total. The molecule has 1 saturated heterocycles. The summed E-state index contributed by atoms with van der Waals surface area (Å²) in [4.78, 5) is 25.3. The Balaban J connectivity index is 1.48. The second-order valence-electron chi connectivity index (χ2n) is 8.17. The molecule has 1 aromatic carbocycles. The molecule has 0 radical (unpaired) electrons. The van der Waals surface area contributed by atoms with Gasteiger partial charge in [0.15, 0.2) is 5.16 Å². The van der Waals surface area contributed by atoms with Gasteiger partial charge in [0.25, 0.3) is 5.69 Å². The molecular weight excluding hydrogens is 444 g/mol. The molecular formula is C22H26N6O4S. The van der Waals surface area contributed by atoms with Gasteiger partial charge in [-0.25, -0.2) is 0 Å². The fraction of sp³-hybridized carbons (Fsp3) is 0.409. The van der Waals surface area contributed by atoms with E-state index in [-0.39, 0.29) is 11.6 Å². The van der Waals surface area contributed by atoms with E-state index in [0.29, 0.717) is 23.3 Å². The third-order valence-electron chi connectivity index (χ3n) is 5.65. The number of benzene rings is 1. The van der Waals surface area contributed by atoms with Crippen LogP contribution in [0.25, 0.3) is 0 Å². The minimum Gasteiger partial charge on any atom is -0.467 e. The second-order valence-corrected chi connectivity index (χ2v) is 9.48. The number of nitro benzene ring substituents is 1. The van der Waals surface area contributed by atoms with Gasteiger partial charge in [0.2, 0.25) is 11.9 Å². The van der Waals surface area contributed by atoms with Crippen molar-refractivity contribution in [1.82, 2.24) is 14.8 Å². The zero-order valence-corrected chi connectivity index (χ0v) is 19.3. The van der Waals surface area contributed by atoms with E-state index in [9.17, 15) is 14.9 Å². The van der Waals surface area contributed by atoms with Gasteiger partial charge in [-0.05, 0) is 49.9 Å². The van der Waals surface area contributed by atoms with Gasteiger partial charge in [0.05, 0.1) is 23.0 Å². The molecule has 11 heteroatoms. The predicted molar refractivity (Wildman–Crippen MR) is 125 cm³/mol. The number of rotatable bonds is 8. The zero-order valence-electron chi connectivity index (χ0n) is 18.5. The van der Waals surface area contributed by atoms with E-state index in [4.69, 9.17) is 4.42 Å². The first-order chi connectivity index (χ1) is 15.9. The molecule has 4 rings (SSSR count). The number of nitrogens with one attached hydrogen (secondary N) is 1. The minimum atomic E-state index is -0.476. The molecule has 3 aromatic rings. The van der Waals surface area contributed by atoms with Crippen molar-refractivity contribution < 1.29 is 14.1 Å². The molecule has 0 bridgehead atoms.